The molecule has 0 bridgehead atoms. The zero-order valence-electron chi connectivity index (χ0n) is 21.2. The van der Waals surface area contributed by atoms with Crippen molar-refractivity contribution in [3.8, 4) is 0 Å². The average Bonchev–Trinajstić information content (AvgIpc) is 3.72. The second kappa shape index (κ2) is 10.7. The van der Waals surface area contributed by atoms with E-state index in [1.165, 1.54) is 11.1 Å². The van der Waals surface area contributed by atoms with Crippen molar-refractivity contribution in [3.63, 3.8) is 0 Å². The number of hydrogen-bond donors (Lipinski definition) is 3. The Bertz CT molecular complexity index is 809. The van der Waals surface area contributed by atoms with E-state index in [0.717, 1.165) is 38.5 Å². The number of halogens is 1. The van der Waals surface area contributed by atoms with Gasteiger partial charge in [-0.25, -0.2) is 4.79 Å². The number of carbonyl (C=O) groups is 2. The lowest BCUT2D eigenvalue weighted by atomic mass is 9.68. The quantitative estimate of drug-likeness (QED) is 0.255. The molecule has 35 heavy (non-hydrogen) atoms. The fraction of sp³-hybridized carbons (Fsp3) is 0.840. The number of rotatable bonds is 9. The van der Waals surface area contributed by atoms with Crippen LogP contribution in [0.3, 0.4) is 0 Å². The summed E-state index contributed by atoms with van der Waals surface area (Å²) in [6.45, 7) is 6.63. The summed E-state index contributed by atoms with van der Waals surface area (Å²) in [5.74, 6) is -0.380. The maximum absolute atomic E-state index is 12.8. The van der Waals surface area contributed by atoms with Crippen LogP contribution in [0.5, 0.6) is 0 Å². The van der Waals surface area contributed by atoms with Gasteiger partial charge in [0.2, 0.25) is 5.91 Å². The number of alkyl carbamates (subject to hydrolysis) is 1. The predicted molar refractivity (Wildman–Crippen MR) is 126 cm³/mol. The van der Waals surface area contributed by atoms with Crippen LogP contribution in [0.25, 0.3) is 0 Å². The molecule has 2 saturated heterocycles. The Hall–Kier alpha value is -1.75. The second-order valence-electron chi connectivity index (χ2n) is 10.9. The number of methoxy groups -OCH3 is 1. The van der Waals surface area contributed by atoms with Gasteiger partial charge in [-0.15, -0.1) is 10.0 Å². The van der Waals surface area contributed by atoms with Crippen molar-refractivity contribution in [2.75, 3.05) is 20.3 Å². The van der Waals surface area contributed by atoms with Crippen molar-refractivity contribution >= 4 is 12.0 Å². The van der Waals surface area contributed by atoms with Crippen LogP contribution in [0, 0.1) is 5.92 Å². The Kier molecular flexibility index (Phi) is 8.05. The number of nitrogens with one attached hydrogen (secondary N) is 3. The topological polar surface area (TPSA) is 114 Å². The maximum Gasteiger partial charge on any atom is 0.407 e. The molecule has 0 aromatic rings. The highest BCUT2D eigenvalue weighted by Gasteiger charge is 2.72. The Balaban J connectivity index is 1.30. The van der Waals surface area contributed by atoms with E-state index in [0.29, 0.717) is 13.0 Å². The minimum atomic E-state index is -0.444. The monoisotopic (exact) mass is 497 g/mol. The molecule has 0 aromatic carbocycles. The molecule has 4 fully saturated rings. The van der Waals surface area contributed by atoms with Gasteiger partial charge in [-0.3, -0.25) is 4.79 Å². The van der Waals surface area contributed by atoms with Crippen molar-refractivity contribution < 1.29 is 33.0 Å². The van der Waals surface area contributed by atoms with Crippen molar-refractivity contribution in [2.24, 2.45) is 5.92 Å². The minimum absolute atomic E-state index is 0.00445. The highest BCUT2D eigenvalue weighted by molar-refractivity contribution is 5.78. The third-order valence-corrected chi connectivity index (χ3v) is 8.14. The first-order chi connectivity index (χ1) is 16.7. The largest absolute Gasteiger partial charge is 0.443 e. The predicted octanol–water partition coefficient (Wildman–Crippen LogP) is 2.69. The zero-order chi connectivity index (χ0) is 25.2. The van der Waals surface area contributed by atoms with Crippen molar-refractivity contribution in [3.05, 3.63) is 11.6 Å². The van der Waals surface area contributed by atoms with Crippen LogP contribution in [-0.2, 0) is 23.7 Å². The Morgan fingerprint density at radius 2 is 1.77 bits per heavy atom. The standard InChI is InChI=1S/C25H40FN3O6/c1-15(2)5-10-19-24(3,35-19)22-21(32-4)18(11-12-25(22)14-33-25)34-23(31)29-17-8-6-16(7-9-17)28-20(30)13-27-26/h5,16-19,21-22,27H,6-14H2,1-4H3,(H,28,30)(H,29,31)/t16-,17-,18?,19-,21?,22?,24?,25+/m1/s1. The van der Waals surface area contributed by atoms with Crippen LogP contribution in [-0.4, -0.2) is 73.9 Å². The highest BCUT2D eigenvalue weighted by Crippen LogP contribution is 2.59. The van der Waals surface area contributed by atoms with Crippen LogP contribution in [0.2, 0.25) is 0 Å². The van der Waals surface area contributed by atoms with Gasteiger partial charge in [0.05, 0.1) is 18.6 Å². The average molecular weight is 498 g/mol. The minimum Gasteiger partial charge on any atom is -0.443 e. The molecular formula is C25H40FN3O6. The molecule has 2 amide bonds. The summed E-state index contributed by atoms with van der Waals surface area (Å²) < 4.78 is 36.1. The molecule has 2 heterocycles. The number of ether oxygens (including phenoxy) is 4. The molecule has 10 heteroatoms. The molecule has 4 aliphatic rings. The van der Waals surface area contributed by atoms with Crippen LogP contribution < -0.4 is 16.2 Å². The molecule has 4 unspecified atom stereocenters. The van der Waals surface area contributed by atoms with Gasteiger partial charge in [-0.05, 0) is 65.7 Å². The SMILES string of the molecule is COC1C(OC(=O)N[C@H]2CC[C@H](NC(=O)CNF)CC2)CC[C@]2(CO2)C1C1(C)O[C@@H]1CC=C(C)C. The van der Waals surface area contributed by atoms with Crippen LogP contribution in [0.4, 0.5) is 9.28 Å². The first-order valence-electron chi connectivity index (χ1n) is 12.8. The summed E-state index contributed by atoms with van der Waals surface area (Å²) in [5.41, 5.74) is 1.99. The number of carbonyl (C=O) groups excluding carboxylic acids is 2. The van der Waals surface area contributed by atoms with Crippen molar-refractivity contribution in [1.82, 2.24) is 16.2 Å². The number of epoxide rings is 2. The summed E-state index contributed by atoms with van der Waals surface area (Å²) in [7, 11) is 1.66. The van der Waals surface area contributed by atoms with Gasteiger partial charge in [0, 0.05) is 19.2 Å². The van der Waals surface area contributed by atoms with Gasteiger partial charge in [0.15, 0.2) is 0 Å². The first-order valence-corrected chi connectivity index (χ1v) is 12.8. The van der Waals surface area contributed by atoms with Gasteiger partial charge in [-0.2, -0.15) is 0 Å². The summed E-state index contributed by atoms with van der Waals surface area (Å²) >= 11 is 0. The van der Waals surface area contributed by atoms with Gasteiger partial charge in [-0.1, -0.05) is 11.6 Å². The summed E-state index contributed by atoms with van der Waals surface area (Å²) in [5, 5.41) is 5.79. The summed E-state index contributed by atoms with van der Waals surface area (Å²) in [6.07, 6.45) is 6.38. The van der Waals surface area contributed by atoms with E-state index in [1.807, 2.05) is 0 Å². The summed E-state index contributed by atoms with van der Waals surface area (Å²) in [4.78, 5) is 24.4. The van der Waals surface area contributed by atoms with Gasteiger partial charge >= 0.3 is 6.09 Å². The van der Waals surface area contributed by atoms with Crippen LogP contribution >= 0.6 is 0 Å². The third-order valence-electron chi connectivity index (χ3n) is 8.14. The fourth-order valence-electron chi connectivity index (χ4n) is 6.13. The van der Waals surface area contributed by atoms with E-state index in [2.05, 4.69) is 37.5 Å². The zero-order valence-corrected chi connectivity index (χ0v) is 21.2. The molecule has 2 saturated carbocycles. The van der Waals surface area contributed by atoms with E-state index < -0.39 is 6.09 Å². The third kappa shape index (κ3) is 5.98. The van der Waals surface area contributed by atoms with E-state index in [9.17, 15) is 14.1 Å². The molecular weight excluding hydrogens is 457 g/mol. The van der Waals surface area contributed by atoms with E-state index >= 15 is 0 Å². The van der Waals surface area contributed by atoms with Gasteiger partial charge in [0.1, 0.15) is 30.0 Å². The van der Waals surface area contributed by atoms with E-state index in [4.69, 9.17) is 18.9 Å². The smallest absolute Gasteiger partial charge is 0.407 e. The van der Waals surface area contributed by atoms with Crippen molar-refractivity contribution in [1.29, 1.82) is 0 Å². The molecule has 2 aliphatic carbocycles. The molecule has 198 valence electrons. The Morgan fingerprint density at radius 3 is 2.34 bits per heavy atom. The highest BCUT2D eigenvalue weighted by atomic mass is 19.2. The first kappa shape index (κ1) is 26.3. The second-order valence-corrected chi connectivity index (χ2v) is 10.9. The van der Waals surface area contributed by atoms with E-state index in [1.54, 1.807) is 7.11 Å². The molecule has 1 spiro atoms. The molecule has 2 aliphatic heterocycles. The van der Waals surface area contributed by atoms with E-state index in [-0.39, 0.29) is 60.0 Å². The van der Waals surface area contributed by atoms with Crippen LogP contribution in [0.1, 0.15) is 65.7 Å². The number of allylic oxidation sites excluding steroid dienone is 1. The molecule has 6 atom stereocenters. The maximum atomic E-state index is 12.8. The molecule has 0 aromatic heterocycles. The molecule has 3 N–H and O–H groups in total. The van der Waals surface area contributed by atoms with Gasteiger partial charge < -0.3 is 29.6 Å². The summed E-state index contributed by atoms with van der Waals surface area (Å²) in [6, 6.07) is -0.0265. The van der Waals surface area contributed by atoms with Crippen LogP contribution in [0.15, 0.2) is 11.6 Å². The van der Waals surface area contributed by atoms with Crippen molar-refractivity contribution in [2.45, 2.75) is 107 Å². The molecule has 9 nitrogen and oxygen atoms in total. The number of hydrogen-bond acceptors (Lipinski definition) is 7. The lowest BCUT2D eigenvalue weighted by molar-refractivity contribution is -0.121. The Morgan fingerprint density at radius 1 is 1.11 bits per heavy atom. The lowest BCUT2D eigenvalue weighted by Crippen LogP contribution is -2.56. The van der Waals surface area contributed by atoms with Gasteiger partial charge in [0.25, 0.3) is 0 Å². The lowest BCUT2D eigenvalue weighted by Gasteiger charge is -2.42. The molecule has 0 radical (unpaired) electrons. The Labute approximate surface area is 206 Å². The normalized spacial score (nSPS) is 40.0. The fourth-order valence-corrected chi connectivity index (χ4v) is 6.13. The number of amides is 2. The molecule has 4 rings (SSSR count).